The van der Waals surface area contributed by atoms with E-state index in [-0.39, 0.29) is 16.7 Å². The molecule has 29 heavy (non-hydrogen) atoms. The average molecular weight is 420 g/mol. The largest absolute Gasteiger partial charge is 0.416 e. The Labute approximate surface area is 167 Å². The molecule has 0 radical (unpaired) electrons. The number of nitrogens with zero attached hydrogens (tertiary/aromatic N) is 1. The van der Waals surface area contributed by atoms with Crippen LogP contribution >= 0.6 is 11.8 Å². The summed E-state index contributed by atoms with van der Waals surface area (Å²) < 4.78 is 38.8. The van der Waals surface area contributed by atoms with Crippen LogP contribution in [0.4, 0.5) is 24.7 Å². The standard InChI is InChI=1S/C19H15F3N4O2S/c20-19(21,22)12-7-4-8-13(9-12)24-17(28)16(11-5-2-1-3-6-11)29-18-25-14(23)10-15(27)26-18/h1-10,16H,(H,24,28)(H3,23,25,26,27)/t16-/m1/s1. The predicted octanol–water partition coefficient (Wildman–Crippen LogP) is 3.84. The van der Waals surface area contributed by atoms with E-state index in [1.54, 1.807) is 30.3 Å². The Hall–Kier alpha value is -3.27. The second kappa shape index (κ2) is 8.39. The van der Waals surface area contributed by atoms with Crippen molar-refractivity contribution in [3.05, 3.63) is 82.1 Å². The molecule has 0 saturated heterocycles. The Bertz CT molecular complexity index is 1070. The van der Waals surface area contributed by atoms with Crippen molar-refractivity contribution in [3.63, 3.8) is 0 Å². The quantitative estimate of drug-likeness (QED) is 0.430. The molecule has 1 amide bonds. The molecule has 3 rings (SSSR count). The van der Waals surface area contributed by atoms with Gasteiger partial charge in [-0.3, -0.25) is 9.59 Å². The summed E-state index contributed by atoms with van der Waals surface area (Å²) in [6, 6.07) is 14.0. The lowest BCUT2D eigenvalue weighted by Gasteiger charge is -2.17. The van der Waals surface area contributed by atoms with Crippen molar-refractivity contribution in [1.29, 1.82) is 0 Å². The van der Waals surface area contributed by atoms with Gasteiger partial charge in [0.1, 0.15) is 11.1 Å². The predicted molar refractivity (Wildman–Crippen MR) is 104 cm³/mol. The first kappa shape index (κ1) is 20.5. The van der Waals surface area contributed by atoms with Crippen LogP contribution < -0.4 is 16.6 Å². The number of rotatable bonds is 5. The Kier molecular flexibility index (Phi) is 5.92. The van der Waals surface area contributed by atoms with Crippen molar-refractivity contribution < 1.29 is 18.0 Å². The molecule has 10 heteroatoms. The Balaban J connectivity index is 1.90. The van der Waals surface area contributed by atoms with Crippen molar-refractivity contribution in [2.45, 2.75) is 16.6 Å². The molecule has 0 aliphatic rings. The summed E-state index contributed by atoms with van der Waals surface area (Å²) in [6.45, 7) is 0. The summed E-state index contributed by atoms with van der Waals surface area (Å²) >= 11 is 0.926. The fraction of sp³-hybridized carbons (Fsp3) is 0.105. The average Bonchev–Trinajstić information content (AvgIpc) is 2.65. The van der Waals surface area contributed by atoms with Crippen LogP contribution in [0, 0.1) is 0 Å². The maximum atomic E-state index is 12.9. The van der Waals surface area contributed by atoms with Gasteiger partial charge in [-0.05, 0) is 23.8 Å². The number of amides is 1. The summed E-state index contributed by atoms with van der Waals surface area (Å²) in [5, 5.41) is 1.71. The zero-order chi connectivity index (χ0) is 21.0. The van der Waals surface area contributed by atoms with Crippen LogP contribution in [0.3, 0.4) is 0 Å². The molecule has 150 valence electrons. The summed E-state index contributed by atoms with van der Waals surface area (Å²) in [5.74, 6) is -0.591. The van der Waals surface area contributed by atoms with Crippen LogP contribution in [0.5, 0.6) is 0 Å². The van der Waals surface area contributed by atoms with Crippen LogP contribution in [-0.2, 0) is 11.0 Å². The van der Waals surface area contributed by atoms with Gasteiger partial charge in [0.05, 0.1) is 5.56 Å². The van der Waals surface area contributed by atoms with Gasteiger partial charge in [-0.2, -0.15) is 13.2 Å². The van der Waals surface area contributed by atoms with E-state index in [4.69, 9.17) is 5.73 Å². The molecule has 0 bridgehead atoms. The smallest absolute Gasteiger partial charge is 0.383 e. The van der Waals surface area contributed by atoms with E-state index in [0.29, 0.717) is 5.56 Å². The van der Waals surface area contributed by atoms with Gasteiger partial charge in [0.15, 0.2) is 5.16 Å². The molecule has 3 aromatic rings. The van der Waals surface area contributed by atoms with Gasteiger partial charge in [0, 0.05) is 11.8 Å². The first-order chi connectivity index (χ1) is 13.7. The van der Waals surface area contributed by atoms with Crippen molar-refractivity contribution in [1.82, 2.24) is 9.97 Å². The molecule has 4 N–H and O–H groups in total. The SMILES string of the molecule is Nc1cc(=O)[nH]c(S[C@@H](C(=O)Nc2cccc(C(F)(F)F)c2)c2ccccc2)n1. The molecule has 0 aliphatic heterocycles. The highest BCUT2D eigenvalue weighted by Gasteiger charge is 2.31. The number of nitrogen functional groups attached to an aromatic ring is 1. The fourth-order valence-corrected chi connectivity index (χ4v) is 3.50. The summed E-state index contributed by atoms with van der Waals surface area (Å²) in [5.41, 5.74) is 4.80. The van der Waals surface area contributed by atoms with Gasteiger partial charge >= 0.3 is 6.18 Å². The van der Waals surface area contributed by atoms with Gasteiger partial charge in [-0.1, -0.05) is 48.2 Å². The number of nitrogens with one attached hydrogen (secondary N) is 2. The molecule has 2 aromatic carbocycles. The molecule has 0 saturated carbocycles. The van der Waals surface area contributed by atoms with E-state index < -0.39 is 28.5 Å². The van der Waals surface area contributed by atoms with Crippen LogP contribution in [0.25, 0.3) is 0 Å². The number of hydrogen-bond acceptors (Lipinski definition) is 5. The first-order valence-electron chi connectivity index (χ1n) is 8.29. The number of thioether (sulfide) groups is 1. The lowest BCUT2D eigenvalue weighted by Crippen LogP contribution is -2.20. The Morgan fingerprint density at radius 3 is 2.48 bits per heavy atom. The van der Waals surface area contributed by atoms with E-state index >= 15 is 0 Å². The molecular weight excluding hydrogens is 405 g/mol. The van der Waals surface area contributed by atoms with E-state index in [1.165, 1.54) is 12.1 Å². The topological polar surface area (TPSA) is 101 Å². The highest BCUT2D eigenvalue weighted by Crippen LogP contribution is 2.35. The minimum Gasteiger partial charge on any atom is -0.383 e. The Morgan fingerprint density at radius 1 is 1.10 bits per heavy atom. The van der Waals surface area contributed by atoms with Crippen LogP contribution in [0.1, 0.15) is 16.4 Å². The molecule has 0 aliphatic carbocycles. The molecule has 6 nitrogen and oxygen atoms in total. The number of hydrogen-bond donors (Lipinski definition) is 3. The number of aromatic nitrogens is 2. The number of carbonyl (C=O) groups excluding carboxylic acids is 1. The monoisotopic (exact) mass is 420 g/mol. The lowest BCUT2D eigenvalue weighted by atomic mass is 10.1. The molecule has 0 fully saturated rings. The summed E-state index contributed by atoms with van der Waals surface area (Å²) in [6.07, 6.45) is -4.53. The van der Waals surface area contributed by atoms with E-state index in [9.17, 15) is 22.8 Å². The minimum absolute atomic E-state index is 0.000356. The number of halogens is 3. The van der Waals surface area contributed by atoms with Crippen molar-refractivity contribution >= 4 is 29.2 Å². The fourth-order valence-electron chi connectivity index (χ4n) is 2.50. The molecule has 1 heterocycles. The van der Waals surface area contributed by atoms with Gasteiger partial charge in [0.25, 0.3) is 5.56 Å². The third-order valence-electron chi connectivity index (χ3n) is 3.77. The van der Waals surface area contributed by atoms with Crippen LogP contribution in [-0.4, -0.2) is 15.9 Å². The van der Waals surface area contributed by atoms with Crippen LogP contribution in [0.2, 0.25) is 0 Å². The summed E-state index contributed by atoms with van der Waals surface area (Å²) in [7, 11) is 0. The van der Waals surface area contributed by atoms with Crippen molar-refractivity contribution in [2.24, 2.45) is 0 Å². The van der Waals surface area contributed by atoms with E-state index in [0.717, 1.165) is 30.0 Å². The number of anilines is 2. The number of nitrogens with two attached hydrogens (primary N) is 1. The van der Waals surface area contributed by atoms with Gasteiger partial charge < -0.3 is 16.0 Å². The summed E-state index contributed by atoms with van der Waals surface area (Å²) in [4.78, 5) is 31.0. The van der Waals surface area contributed by atoms with Crippen molar-refractivity contribution in [2.75, 3.05) is 11.1 Å². The zero-order valence-electron chi connectivity index (χ0n) is 14.7. The van der Waals surface area contributed by atoms with Gasteiger partial charge in [-0.15, -0.1) is 0 Å². The number of carbonyl (C=O) groups is 1. The van der Waals surface area contributed by atoms with Crippen molar-refractivity contribution in [3.8, 4) is 0 Å². The molecule has 1 atom stereocenters. The first-order valence-corrected chi connectivity index (χ1v) is 9.17. The zero-order valence-corrected chi connectivity index (χ0v) is 15.6. The lowest BCUT2D eigenvalue weighted by molar-refractivity contribution is -0.137. The molecular formula is C19H15F3N4O2S. The normalized spacial score (nSPS) is 12.4. The van der Waals surface area contributed by atoms with E-state index in [1.807, 2.05) is 0 Å². The third-order valence-corrected chi connectivity index (χ3v) is 4.91. The number of aromatic amines is 1. The molecule has 0 unspecified atom stereocenters. The molecule has 1 aromatic heterocycles. The maximum absolute atomic E-state index is 12.9. The second-order valence-corrected chi connectivity index (χ2v) is 7.05. The maximum Gasteiger partial charge on any atom is 0.416 e. The highest BCUT2D eigenvalue weighted by atomic mass is 32.2. The minimum atomic E-state index is -4.53. The van der Waals surface area contributed by atoms with Gasteiger partial charge in [-0.25, -0.2) is 4.98 Å². The van der Waals surface area contributed by atoms with Crippen LogP contribution in [0.15, 0.2) is 70.6 Å². The number of benzene rings is 2. The third kappa shape index (κ3) is 5.38. The number of alkyl halides is 3. The molecule has 0 spiro atoms. The van der Waals surface area contributed by atoms with E-state index in [2.05, 4.69) is 15.3 Å². The van der Waals surface area contributed by atoms with Gasteiger partial charge in [0.2, 0.25) is 5.91 Å². The Morgan fingerprint density at radius 2 is 1.83 bits per heavy atom. The highest BCUT2D eigenvalue weighted by molar-refractivity contribution is 8.00. The number of H-pyrrole nitrogens is 1. The second-order valence-electron chi connectivity index (χ2n) is 5.95.